The lowest BCUT2D eigenvalue weighted by Gasteiger charge is -2.38. The second-order valence-corrected chi connectivity index (χ2v) is 9.69. The predicted molar refractivity (Wildman–Crippen MR) is 96.1 cm³/mol. The van der Waals surface area contributed by atoms with Crippen LogP contribution >= 0.6 is 0 Å². The highest BCUT2D eigenvalue weighted by atomic mass is 19.4. The number of esters is 1. The number of halogens is 12. The fourth-order valence-corrected chi connectivity index (χ4v) is 4.80. The molecular formula is C20H24F12O4. The Morgan fingerprint density at radius 3 is 1.78 bits per heavy atom. The van der Waals surface area contributed by atoms with Crippen molar-refractivity contribution in [1.29, 1.82) is 0 Å². The van der Waals surface area contributed by atoms with Crippen LogP contribution in [0.3, 0.4) is 0 Å². The maximum atomic E-state index is 13.1. The van der Waals surface area contributed by atoms with Crippen LogP contribution in [0.4, 0.5) is 52.7 Å². The molecule has 5 unspecified atom stereocenters. The number of hydrogen-bond acceptors (Lipinski definition) is 4. The lowest BCUT2D eigenvalue weighted by atomic mass is 9.78. The van der Waals surface area contributed by atoms with Crippen molar-refractivity contribution in [1.82, 2.24) is 0 Å². The number of ether oxygens (including phenoxy) is 2. The monoisotopic (exact) mass is 556 g/mol. The fraction of sp³-hybridized carbons (Fsp3) is 0.950. The summed E-state index contributed by atoms with van der Waals surface area (Å²) in [5.41, 5.74) is -7.02. The highest BCUT2D eigenvalue weighted by Gasteiger charge is 2.71. The van der Waals surface area contributed by atoms with Crippen LogP contribution in [0.15, 0.2) is 0 Å². The number of aliphatic hydroxyl groups is 1. The highest BCUT2D eigenvalue weighted by molar-refractivity contribution is 5.76. The van der Waals surface area contributed by atoms with Crippen LogP contribution in [0, 0.1) is 23.2 Å². The van der Waals surface area contributed by atoms with E-state index in [1.54, 1.807) is 0 Å². The lowest BCUT2D eigenvalue weighted by molar-refractivity contribution is -0.373. The van der Waals surface area contributed by atoms with Gasteiger partial charge in [-0.1, -0.05) is 6.92 Å². The van der Waals surface area contributed by atoms with E-state index in [2.05, 4.69) is 4.74 Å². The Morgan fingerprint density at radius 1 is 0.889 bits per heavy atom. The van der Waals surface area contributed by atoms with Gasteiger partial charge in [0.2, 0.25) is 6.10 Å². The Morgan fingerprint density at radius 2 is 1.39 bits per heavy atom. The smallest absolute Gasteiger partial charge is 0.426 e. The average Bonchev–Trinajstić information content (AvgIpc) is 3.23. The molecule has 2 saturated carbocycles. The van der Waals surface area contributed by atoms with E-state index < -0.39 is 84.7 Å². The van der Waals surface area contributed by atoms with E-state index in [4.69, 9.17) is 4.74 Å². The predicted octanol–water partition coefficient (Wildman–Crippen LogP) is 6.12. The topological polar surface area (TPSA) is 55.8 Å². The molecule has 36 heavy (non-hydrogen) atoms. The summed E-state index contributed by atoms with van der Waals surface area (Å²) < 4.78 is 164. The Bertz CT molecular complexity index is 760. The van der Waals surface area contributed by atoms with Crippen LogP contribution in [-0.2, 0) is 14.3 Å². The maximum absolute atomic E-state index is 13.1. The summed E-state index contributed by atoms with van der Waals surface area (Å²) >= 11 is 0. The van der Waals surface area contributed by atoms with Crippen LogP contribution in [0.2, 0.25) is 0 Å². The van der Waals surface area contributed by atoms with Crippen molar-refractivity contribution in [3.8, 4) is 0 Å². The summed E-state index contributed by atoms with van der Waals surface area (Å²) in [4.78, 5) is 12.7. The first kappa shape index (κ1) is 30.8. The van der Waals surface area contributed by atoms with Gasteiger partial charge in [-0.25, -0.2) is 0 Å². The van der Waals surface area contributed by atoms with Gasteiger partial charge < -0.3 is 14.6 Å². The van der Waals surface area contributed by atoms with Gasteiger partial charge in [0.1, 0.15) is 6.10 Å². The molecule has 0 aromatic rings. The van der Waals surface area contributed by atoms with Gasteiger partial charge in [-0.3, -0.25) is 4.79 Å². The summed E-state index contributed by atoms with van der Waals surface area (Å²) in [6.07, 6.45) is -31.2. The Labute approximate surface area is 197 Å². The number of alkyl halides is 12. The van der Waals surface area contributed by atoms with Gasteiger partial charge in [0.25, 0.3) is 5.60 Å². The van der Waals surface area contributed by atoms with Crippen LogP contribution in [-0.4, -0.2) is 60.2 Å². The molecule has 2 rings (SSSR count). The number of fused-ring (bicyclic) bond motifs is 2. The molecule has 4 nitrogen and oxygen atoms in total. The van der Waals surface area contributed by atoms with Crippen molar-refractivity contribution in [3.05, 3.63) is 0 Å². The van der Waals surface area contributed by atoms with Crippen LogP contribution in [0.5, 0.6) is 0 Å². The van der Waals surface area contributed by atoms with Gasteiger partial charge in [-0.15, -0.1) is 0 Å². The number of carbonyl (C=O) groups excluding carboxylic acids is 1. The van der Waals surface area contributed by atoms with E-state index >= 15 is 0 Å². The third kappa shape index (κ3) is 6.16. The van der Waals surface area contributed by atoms with E-state index in [0.29, 0.717) is 0 Å². The average molecular weight is 556 g/mol. The minimum absolute atomic E-state index is 0.0394. The third-order valence-corrected chi connectivity index (χ3v) is 7.08. The summed E-state index contributed by atoms with van der Waals surface area (Å²) in [5.74, 6) is -4.10. The van der Waals surface area contributed by atoms with Gasteiger partial charge in [-0.05, 0) is 56.8 Å². The standard InChI is InChI=1S/C20H24F12O4/c1-3-15(2,8-35-13(17(21,22)23)18(24,25)26)14(33)36-12-6-9-4-10(11(12)5-9)7-16(34,19(27,28)29)20(30,31)32/h9-13,34H,3-8H2,1-2H3. The third-order valence-electron chi connectivity index (χ3n) is 7.08. The molecule has 5 atom stereocenters. The molecular weight excluding hydrogens is 532 g/mol. The molecule has 2 bridgehead atoms. The molecule has 0 spiro atoms. The van der Waals surface area contributed by atoms with E-state index in [1.807, 2.05) is 0 Å². The molecule has 0 heterocycles. The molecule has 0 saturated heterocycles. The molecule has 2 aliphatic carbocycles. The summed E-state index contributed by atoms with van der Waals surface area (Å²) in [7, 11) is 0. The van der Waals surface area contributed by atoms with Crippen molar-refractivity contribution >= 4 is 5.97 Å². The first-order valence-electron chi connectivity index (χ1n) is 10.8. The molecule has 2 aliphatic rings. The molecule has 1 N–H and O–H groups in total. The van der Waals surface area contributed by atoms with Gasteiger partial charge >= 0.3 is 30.7 Å². The fourth-order valence-electron chi connectivity index (χ4n) is 4.80. The zero-order chi connectivity index (χ0) is 28.1. The van der Waals surface area contributed by atoms with E-state index in [-0.39, 0.29) is 25.7 Å². The van der Waals surface area contributed by atoms with Crippen molar-refractivity contribution in [2.75, 3.05) is 6.61 Å². The number of rotatable bonds is 8. The Hall–Kier alpha value is -1.45. The number of hydrogen-bond donors (Lipinski definition) is 1. The van der Waals surface area contributed by atoms with E-state index in [0.717, 1.165) is 6.92 Å². The number of carbonyl (C=O) groups is 1. The molecule has 0 radical (unpaired) electrons. The van der Waals surface area contributed by atoms with E-state index in [9.17, 15) is 62.6 Å². The molecule has 212 valence electrons. The first-order chi connectivity index (χ1) is 16.0. The molecule has 0 aromatic carbocycles. The SMILES string of the molecule is CCC(C)(COC(C(F)(F)F)C(F)(F)F)C(=O)OC1CC2CC(CC(O)(C(F)(F)F)C(F)(F)F)C1C2. The second-order valence-electron chi connectivity index (χ2n) is 9.69. The molecule has 0 aliphatic heterocycles. The van der Waals surface area contributed by atoms with Gasteiger partial charge in [0, 0.05) is 0 Å². The first-order valence-corrected chi connectivity index (χ1v) is 10.8. The van der Waals surface area contributed by atoms with Crippen molar-refractivity contribution in [2.45, 2.75) is 88.5 Å². The Balaban J connectivity index is 2.14. The minimum atomic E-state index is -6.04. The van der Waals surface area contributed by atoms with Gasteiger partial charge in [-0.2, -0.15) is 52.7 Å². The van der Waals surface area contributed by atoms with Crippen LogP contribution in [0.25, 0.3) is 0 Å². The molecule has 0 amide bonds. The van der Waals surface area contributed by atoms with Gasteiger partial charge in [0.15, 0.2) is 0 Å². The maximum Gasteiger partial charge on any atom is 0.426 e. The molecule has 2 fully saturated rings. The quantitative estimate of drug-likeness (QED) is 0.290. The van der Waals surface area contributed by atoms with Crippen molar-refractivity contribution < 1.29 is 72.1 Å². The van der Waals surface area contributed by atoms with Crippen molar-refractivity contribution in [3.63, 3.8) is 0 Å². The zero-order valence-corrected chi connectivity index (χ0v) is 18.8. The normalized spacial score (nSPS) is 27.4. The molecule has 0 aromatic heterocycles. The Kier molecular flexibility index (Phi) is 8.29. The summed E-state index contributed by atoms with van der Waals surface area (Å²) in [6.45, 7) is 0.852. The summed E-state index contributed by atoms with van der Waals surface area (Å²) in [5, 5.41) is 9.50. The highest BCUT2D eigenvalue weighted by Crippen LogP contribution is 2.56. The largest absolute Gasteiger partial charge is 0.462 e. The second kappa shape index (κ2) is 9.70. The van der Waals surface area contributed by atoms with E-state index in [1.165, 1.54) is 6.92 Å². The zero-order valence-electron chi connectivity index (χ0n) is 18.8. The lowest BCUT2D eigenvalue weighted by Crippen LogP contribution is -2.58. The summed E-state index contributed by atoms with van der Waals surface area (Å²) in [6, 6.07) is 0. The van der Waals surface area contributed by atoms with Crippen molar-refractivity contribution in [2.24, 2.45) is 23.2 Å². The van der Waals surface area contributed by atoms with Crippen LogP contribution in [0.1, 0.15) is 46.0 Å². The minimum Gasteiger partial charge on any atom is -0.462 e. The molecule has 16 heteroatoms. The van der Waals surface area contributed by atoms with Gasteiger partial charge in [0.05, 0.1) is 12.0 Å². The van der Waals surface area contributed by atoms with Crippen LogP contribution < -0.4 is 0 Å².